The molecule has 1 aromatic heterocycles. The quantitative estimate of drug-likeness (QED) is 0.594. The van der Waals surface area contributed by atoms with Gasteiger partial charge in [-0.25, -0.2) is 23.3 Å². The van der Waals surface area contributed by atoms with E-state index in [4.69, 9.17) is 10.9 Å². The fourth-order valence-electron chi connectivity index (χ4n) is 1.17. The highest BCUT2D eigenvalue weighted by atomic mass is 32.2. The number of hydrogen-bond acceptors (Lipinski definition) is 7. The van der Waals surface area contributed by atoms with Gasteiger partial charge in [-0.05, 0) is 6.07 Å². The zero-order valence-electron chi connectivity index (χ0n) is 9.71. The van der Waals surface area contributed by atoms with Crippen LogP contribution in [0.25, 0.3) is 0 Å². The number of carbonyl (C=O) groups is 1. The van der Waals surface area contributed by atoms with E-state index in [1.807, 2.05) is 0 Å². The zero-order valence-corrected chi connectivity index (χ0v) is 10.5. The maximum atomic E-state index is 11.3. The number of nitrogens with zero attached hydrogens (tertiary/aromatic N) is 1. The Hall–Kier alpha value is -1.87. The number of hydrogen-bond donors (Lipinski definition) is 3. The molecular weight excluding hydrogens is 260 g/mol. The molecule has 1 rings (SSSR count). The summed E-state index contributed by atoms with van der Waals surface area (Å²) in [6.45, 7) is 0.0797. The van der Waals surface area contributed by atoms with Crippen molar-refractivity contribution < 1.29 is 17.9 Å². The van der Waals surface area contributed by atoms with Gasteiger partial charge in [0.15, 0.2) is 0 Å². The van der Waals surface area contributed by atoms with Crippen LogP contribution in [0.3, 0.4) is 0 Å². The second-order valence-electron chi connectivity index (χ2n) is 3.44. The molecule has 0 spiro atoms. The summed E-state index contributed by atoms with van der Waals surface area (Å²) in [5.41, 5.74) is 5.89. The molecule has 0 aliphatic heterocycles. The van der Waals surface area contributed by atoms with Gasteiger partial charge >= 0.3 is 5.97 Å². The van der Waals surface area contributed by atoms with E-state index < -0.39 is 16.0 Å². The van der Waals surface area contributed by atoms with Crippen molar-refractivity contribution in [2.45, 2.75) is 0 Å². The van der Waals surface area contributed by atoms with E-state index in [2.05, 4.69) is 15.0 Å². The standard InChI is InChI=1S/C9H14N4O4S/c1-17-9(14)6-4-8(13-5-7(6)10)12-2-3-18(11,15)16/h4-5H,2-3,10H2,1H3,(H,12,13)(H2,11,15,16). The summed E-state index contributed by atoms with van der Waals surface area (Å²) in [6.07, 6.45) is 1.28. The summed E-state index contributed by atoms with van der Waals surface area (Å²) >= 11 is 0. The minimum Gasteiger partial charge on any atom is -0.465 e. The minimum absolute atomic E-state index is 0.0797. The monoisotopic (exact) mass is 274 g/mol. The van der Waals surface area contributed by atoms with Crippen molar-refractivity contribution in [1.29, 1.82) is 0 Å². The third-order valence-electron chi connectivity index (χ3n) is 2.03. The third-order valence-corrected chi connectivity index (χ3v) is 2.81. The van der Waals surface area contributed by atoms with Crippen LogP contribution in [-0.4, -0.2) is 38.8 Å². The first-order valence-electron chi connectivity index (χ1n) is 4.91. The second kappa shape index (κ2) is 5.65. The van der Waals surface area contributed by atoms with Gasteiger partial charge in [-0.1, -0.05) is 0 Å². The predicted molar refractivity (Wildman–Crippen MR) is 66.5 cm³/mol. The molecule has 5 N–H and O–H groups in total. The van der Waals surface area contributed by atoms with Crippen molar-refractivity contribution in [3.8, 4) is 0 Å². The topological polar surface area (TPSA) is 137 Å². The molecule has 1 heterocycles. The molecule has 0 saturated heterocycles. The molecule has 100 valence electrons. The molecule has 0 aromatic carbocycles. The Morgan fingerprint density at radius 2 is 2.22 bits per heavy atom. The molecule has 0 aliphatic carbocycles. The van der Waals surface area contributed by atoms with Gasteiger partial charge in [-0.15, -0.1) is 0 Å². The lowest BCUT2D eigenvalue weighted by Crippen LogP contribution is -2.22. The van der Waals surface area contributed by atoms with Crippen LogP contribution in [0.1, 0.15) is 10.4 Å². The smallest absolute Gasteiger partial charge is 0.340 e. The average Bonchev–Trinajstić information content (AvgIpc) is 2.28. The van der Waals surface area contributed by atoms with Crippen LogP contribution in [0, 0.1) is 0 Å². The predicted octanol–water partition coefficient (Wildman–Crippen LogP) is -0.849. The molecule has 0 fully saturated rings. The number of sulfonamides is 1. The van der Waals surface area contributed by atoms with Crippen LogP contribution in [0.2, 0.25) is 0 Å². The van der Waals surface area contributed by atoms with Crippen molar-refractivity contribution in [3.63, 3.8) is 0 Å². The number of methoxy groups -OCH3 is 1. The number of rotatable bonds is 5. The molecule has 18 heavy (non-hydrogen) atoms. The molecule has 9 heteroatoms. The lowest BCUT2D eigenvalue weighted by molar-refractivity contribution is 0.0602. The zero-order chi connectivity index (χ0) is 13.8. The third kappa shape index (κ3) is 4.18. The number of esters is 1. The number of primary sulfonamides is 1. The van der Waals surface area contributed by atoms with Crippen molar-refractivity contribution in [2.24, 2.45) is 5.14 Å². The first-order valence-corrected chi connectivity index (χ1v) is 6.63. The fourth-order valence-corrected chi connectivity index (χ4v) is 1.56. The molecule has 1 aromatic rings. The van der Waals surface area contributed by atoms with Gasteiger partial charge in [0.1, 0.15) is 5.82 Å². The Morgan fingerprint density at radius 1 is 1.56 bits per heavy atom. The highest BCUT2D eigenvalue weighted by Crippen LogP contribution is 2.15. The van der Waals surface area contributed by atoms with Crippen LogP contribution >= 0.6 is 0 Å². The normalized spacial score (nSPS) is 11.0. The number of aromatic nitrogens is 1. The Morgan fingerprint density at radius 3 is 2.78 bits per heavy atom. The molecule has 0 atom stereocenters. The molecule has 0 unspecified atom stereocenters. The van der Waals surface area contributed by atoms with Gasteiger partial charge in [0.05, 0.1) is 30.3 Å². The summed E-state index contributed by atoms with van der Waals surface area (Å²) in [6, 6.07) is 1.38. The molecule has 0 bridgehead atoms. The van der Waals surface area contributed by atoms with Crippen molar-refractivity contribution in [1.82, 2.24) is 4.98 Å². The fraction of sp³-hybridized carbons (Fsp3) is 0.333. The van der Waals surface area contributed by atoms with E-state index in [0.717, 1.165) is 0 Å². The maximum absolute atomic E-state index is 11.3. The Kier molecular flexibility index (Phi) is 4.45. The van der Waals surface area contributed by atoms with E-state index in [1.165, 1.54) is 19.4 Å². The highest BCUT2D eigenvalue weighted by Gasteiger charge is 2.11. The minimum atomic E-state index is -3.54. The van der Waals surface area contributed by atoms with E-state index in [9.17, 15) is 13.2 Å². The van der Waals surface area contributed by atoms with Crippen molar-refractivity contribution in [3.05, 3.63) is 17.8 Å². The summed E-state index contributed by atoms with van der Waals surface area (Å²) in [5.74, 6) is -0.523. The van der Waals surface area contributed by atoms with Crippen molar-refractivity contribution >= 4 is 27.5 Å². The number of anilines is 2. The Bertz CT molecular complexity index is 543. The van der Waals surface area contributed by atoms with Gasteiger partial charge < -0.3 is 15.8 Å². The summed E-state index contributed by atoms with van der Waals surface area (Å²) in [4.78, 5) is 15.2. The van der Waals surface area contributed by atoms with Crippen LogP contribution in [0.5, 0.6) is 0 Å². The summed E-state index contributed by atoms with van der Waals surface area (Å²) in [7, 11) is -2.31. The molecule has 0 saturated carbocycles. The molecule has 8 nitrogen and oxygen atoms in total. The number of nitrogens with one attached hydrogen (secondary N) is 1. The van der Waals surface area contributed by atoms with Gasteiger partial charge in [-0.3, -0.25) is 0 Å². The van der Waals surface area contributed by atoms with E-state index in [-0.39, 0.29) is 23.5 Å². The van der Waals surface area contributed by atoms with E-state index in [0.29, 0.717) is 5.82 Å². The lowest BCUT2D eigenvalue weighted by atomic mass is 10.2. The lowest BCUT2D eigenvalue weighted by Gasteiger charge is -2.08. The maximum Gasteiger partial charge on any atom is 0.340 e. The molecule has 0 radical (unpaired) electrons. The van der Waals surface area contributed by atoms with Crippen LogP contribution in [0.15, 0.2) is 12.3 Å². The largest absolute Gasteiger partial charge is 0.465 e. The first kappa shape index (κ1) is 14.2. The number of nitrogens with two attached hydrogens (primary N) is 2. The van der Waals surface area contributed by atoms with Crippen LogP contribution in [0.4, 0.5) is 11.5 Å². The van der Waals surface area contributed by atoms with E-state index in [1.54, 1.807) is 0 Å². The molecule has 0 aliphatic rings. The first-order chi connectivity index (χ1) is 8.33. The Balaban J connectivity index is 2.76. The van der Waals surface area contributed by atoms with Gasteiger partial charge in [0, 0.05) is 6.54 Å². The number of pyridine rings is 1. The Labute approximate surface area is 104 Å². The van der Waals surface area contributed by atoms with Crippen molar-refractivity contribution in [2.75, 3.05) is 30.5 Å². The van der Waals surface area contributed by atoms with Crippen LogP contribution < -0.4 is 16.2 Å². The van der Waals surface area contributed by atoms with Gasteiger partial charge in [-0.2, -0.15) is 0 Å². The number of carbonyl (C=O) groups excluding carboxylic acids is 1. The van der Waals surface area contributed by atoms with Gasteiger partial charge in [0.2, 0.25) is 10.0 Å². The SMILES string of the molecule is COC(=O)c1cc(NCCS(N)(=O)=O)ncc1N. The number of ether oxygens (including phenoxy) is 1. The molecule has 0 amide bonds. The summed E-state index contributed by atoms with van der Waals surface area (Å²) in [5, 5.41) is 7.56. The number of nitrogen functional groups attached to an aromatic ring is 1. The average molecular weight is 274 g/mol. The van der Waals surface area contributed by atoms with E-state index >= 15 is 0 Å². The summed E-state index contributed by atoms with van der Waals surface area (Å²) < 4.78 is 26.0. The van der Waals surface area contributed by atoms with Crippen LogP contribution in [-0.2, 0) is 14.8 Å². The molecular formula is C9H14N4O4S. The second-order valence-corrected chi connectivity index (χ2v) is 5.18. The highest BCUT2D eigenvalue weighted by molar-refractivity contribution is 7.89. The van der Waals surface area contributed by atoms with Gasteiger partial charge in [0.25, 0.3) is 0 Å².